The van der Waals surface area contributed by atoms with Gasteiger partial charge in [-0.15, -0.1) is 0 Å². The predicted octanol–water partition coefficient (Wildman–Crippen LogP) is 3.09. The van der Waals surface area contributed by atoms with Crippen LogP contribution in [0.4, 0.5) is 28.9 Å². The van der Waals surface area contributed by atoms with Gasteiger partial charge in [0.05, 0.1) is 11.4 Å². The number of nitrogens with zero attached hydrogens (tertiary/aromatic N) is 1. The molecule has 29 heavy (non-hydrogen) atoms. The molecule has 0 aliphatic heterocycles. The Morgan fingerprint density at radius 2 is 1.48 bits per heavy atom. The minimum atomic E-state index is -0.918. The third kappa shape index (κ3) is 5.48. The molecular formula is C18H14F4N4O3. The molecule has 0 unspecified atom stereocenters. The van der Waals surface area contributed by atoms with Gasteiger partial charge in [0.15, 0.2) is 23.1 Å². The van der Waals surface area contributed by atoms with Gasteiger partial charge in [0.25, 0.3) is 5.91 Å². The van der Waals surface area contributed by atoms with E-state index in [0.717, 1.165) is 18.2 Å². The normalized spacial score (nSPS) is 10.1. The summed E-state index contributed by atoms with van der Waals surface area (Å²) < 4.78 is 56.4. The van der Waals surface area contributed by atoms with E-state index in [0.29, 0.717) is 6.07 Å². The lowest BCUT2D eigenvalue weighted by atomic mass is 10.2. The average Bonchev–Trinajstić information content (AvgIpc) is 2.65. The minimum absolute atomic E-state index is 0.0474. The number of benzene rings is 2. The van der Waals surface area contributed by atoms with Gasteiger partial charge < -0.3 is 27.0 Å². The van der Waals surface area contributed by atoms with Crippen molar-refractivity contribution in [3.05, 3.63) is 71.6 Å². The van der Waals surface area contributed by atoms with Gasteiger partial charge in [0.2, 0.25) is 0 Å². The first-order chi connectivity index (χ1) is 13.6. The van der Waals surface area contributed by atoms with Crippen molar-refractivity contribution >= 4 is 17.3 Å². The highest BCUT2D eigenvalue weighted by Crippen LogP contribution is 2.28. The summed E-state index contributed by atoms with van der Waals surface area (Å²) in [6, 6.07) is 5.57. The van der Waals surface area contributed by atoms with Crippen LogP contribution < -0.4 is 21.9 Å². The zero-order valence-corrected chi connectivity index (χ0v) is 14.5. The van der Waals surface area contributed by atoms with Gasteiger partial charge in [0.1, 0.15) is 23.1 Å². The first-order valence-electron chi connectivity index (χ1n) is 7.70. The summed E-state index contributed by atoms with van der Waals surface area (Å²) in [6.07, 6.45) is 1.26. The summed E-state index contributed by atoms with van der Waals surface area (Å²) in [4.78, 5) is 14.6. The molecule has 0 saturated carbocycles. The molecular weight excluding hydrogens is 396 g/mol. The van der Waals surface area contributed by atoms with E-state index in [2.05, 4.69) is 4.98 Å². The van der Waals surface area contributed by atoms with Crippen LogP contribution in [0.3, 0.4) is 0 Å². The van der Waals surface area contributed by atoms with Crippen LogP contribution in [0.25, 0.3) is 0 Å². The average molecular weight is 410 g/mol. The molecule has 11 heteroatoms. The van der Waals surface area contributed by atoms with E-state index >= 15 is 0 Å². The number of aromatic hydroxyl groups is 1. The number of hydrogen-bond acceptors (Lipinski definition) is 6. The van der Waals surface area contributed by atoms with E-state index in [1.54, 1.807) is 0 Å². The van der Waals surface area contributed by atoms with Crippen LogP contribution >= 0.6 is 0 Å². The van der Waals surface area contributed by atoms with E-state index < -0.39 is 34.9 Å². The van der Waals surface area contributed by atoms with E-state index in [4.69, 9.17) is 27.0 Å². The Morgan fingerprint density at radius 3 is 2.07 bits per heavy atom. The van der Waals surface area contributed by atoms with Crippen molar-refractivity contribution in [2.75, 3.05) is 11.5 Å². The van der Waals surface area contributed by atoms with Crippen molar-refractivity contribution in [2.45, 2.75) is 0 Å². The van der Waals surface area contributed by atoms with Crippen molar-refractivity contribution in [3.8, 4) is 17.2 Å². The van der Waals surface area contributed by atoms with Crippen molar-refractivity contribution in [1.82, 2.24) is 4.98 Å². The zero-order chi connectivity index (χ0) is 21.7. The van der Waals surface area contributed by atoms with Gasteiger partial charge in [-0.1, -0.05) is 0 Å². The van der Waals surface area contributed by atoms with E-state index in [-0.39, 0.29) is 28.6 Å². The minimum Gasteiger partial charge on any atom is -0.505 e. The van der Waals surface area contributed by atoms with Crippen LogP contribution in [0.5, 0.6) is 17.2 Å². The van der Waals surface area contributed by atoms with Crippen LogP contribution in [-0.4, -0.2) is 16.0 Å². The first-order valence-corrected chi connectivity index (χ1v) is 7.70. The van der Waals surface area contributed by atoms with Crippen molar-refractivity contribution < 1.29 is 32.2 Å². The smallest absolute Gasteiger partial charge is 0.267 e. The number of carbonyl (C=O) groups excluding carboxylic acids is 1. The molecule has 152 valence electrons. The maximum atomic E-state index is 13.5. The quantitative estimate of drug-likeness (QED) is 0.297. The highest BCUT2D eigenvalue weighted by atomic mass is 19.1. The molecule has 0 saturated heterocycles. The van der Waals surface area contributed by atoms with E-state index in [1.807, 2.05) is 0 Å². The number of amides is 1. The standard InChI is InChI=1S/C12H9F2N3O2.C6H5F2NO/c13-7-5-11(8(14)4-9(7)15)19-6-1-2-17-10(3-6)12(16)18;7-3-2-6(10)4(8)1-5(3)9/h1-5H,15H2,(H2,16,18);1-2,10H,9H2. The van der Waals surface area contributed by atoms with Crippen LogP contribution in [0.15, 0.2) is 42.6 Å². The molecule has 7 N–H and O–H groups in total. The fraction of sp³-hybridized carbons (Fsp3) is 0. The SMILES string of the molecule is NC(=O)c1cc(Oc2cc(F)c(N)cc2F)ccn1.Nc1cc(F)c(O)cc1F. The van der Waals surface area contributed by atoms with Gasteiger partial charge in [-0.3, -0.25) is 9.78 Å². The fourth-order valence-corrected chi connectivity index (χ4v) is 1.91. The summed E-state index contributed by atoms with van der Waals surface area (Å²) >= 11 is 0. The predicted molar refractivity (Wildman–Crippen MR) is 96.0 cm³/mol. The first kappa shape index (κ1) is 21.3. The number of nitrogen functional groups attached to an aromatic ring is 2. The van der Waals surface area contributed by atoms with Crippen molar-refractivity contribution in [1.29, 1.82) is 0 Å². The summed E-state index contributed by atoms with van der Waals surface area (Å²) in [7, 11) is 0. The topological polar surface area (TPSA) is 137 Å². The molecule has 1 aromatic heterocycles. The van der Waals surface area contributed by atoms with Gasteiger partial charge in [-0.2, -0.15) is 0 Å². The number of halogens is 4. The molecule has 1 amide bonds. The molecule has 3 rings (SSSR count). The zero-order valence-electron chi connectivity index (χ0n) is 14.5. The van der Waals surface area contributed by atoms with Crippen molar-refractivity contribution in [3.63, 3.8) is 0 Å². The lowest BCUT2D eigenvalue weighted by molar-refractivity contribution is 0.0995. The Balaban J connectivity index is 0.000000253. The second-order valence-electron chi connectivity index (χ2n) is 5.47. The maximum absolute atomic E-state index is 13.5. The van der Waals surface area contributed by atoms with Crippen LogP contribution in [0.2, 0.25) is 0 Å². The molecule has 0 fully saturated rings. The number of ether oxygens (including phenoxy) is 1. The number of rotatable bonds is 3. The highest BCUT2D eigenvalue weighted by Gasteiger charge is 2.11. The van der Waals surface area contributed by atoms with E-state index in [9.17, 15) is 22.4 Å². The lowest BCUT2D eigenvalue weighted by Crippen LogP contribution is -2.12. The summed E-state index contributed by atoms with van der Waals surface area (Å²) in [5.41, 5.74) is 14.5. The number of phenols is 1. The Kier molecular flexibility index (Phi) is 6.44. The number of hydrogen-bond donors (Lipinski definition) is 4. The van der Waals surface area contributed by atoms with Crippen LogP contribution in [-0.2, 0) is 0 Å². The molecule has 0 aliphatic rings. The molecule has 7 nitrogen and oxygen atoms in total. The molecule has 0 radical (unpaired) electrons. The summed E-state index contributed by atoms with van der Waals surface area (Å²) in [5, 5.41) is 8.55. The van der Waals surface area contributed by atoms with Crippen LogP contribution in [0, 0.1) is 23.3 Å². The number of pyridine rings is 1. The monoisotopic (exact) mass is 410 g/mol. The Labute approximate surface area is 161 Å². The van der Waals surface area contributed by atoms with Gasteiger partial charge in [-0.25, -0.2) is 17.6 Å². The molecule has 3 aromatic rings. The highest BCUT2D eigenvalue weighted by molar-refractivity contribution is 5.91. The number of nitrogens with two attached hydrogens (primary N) is 3. The van der Waals surface area contributed by atoms with Gasteiger partial charge in [0, 0.05) is 36.5 Å². The maximum Gasteiger partial charge on any atom is 0.267 e. The third-order valence-electron chi connectivity index (χ3n) is 3.33. The molecule has 0 spiro atoms. The Bertz CT molecular complexity index is 1010. The molecule has 1 heterocycles. The number of phenolic OH excluding ortho intramolecular Hbond substituents is 1. The van der Waals surface area contributed by atoms with Crippen molar-refractivity contribution in [2.24, 2.45) is 5.73 Å². The molecule has 0 atom stereocenters. The van der Waals surface area contributed by atoms with Gasteiger partial charge in [-0.05, 0) is 6.07 Å². The van der Waals surface area contributed by atoms with Gasteiger partial charge >= 0.3 is 0 Å². The Morgan fingerprint density at radius 1 is 0.897 bits per heavy atom. The number of anilines is 2. The molecule has 2 aromatic carbocycles. The largest absolute Gasteiger partial charge is 0.505 e. The number of carbonyl (C=O) groups is 1. The number of aromatic nitrogens is 1. The summed E-state index contributed by atoms with van der Waals surface area (Å²) in [6.45, 7) is 0. The Hall–Kier alpha value is -4.02. The van der Waals surface area contributed by atoms with E-state index in [1.165, 1.54) is 18.3 Å². The van der Waals surface area contributed by atoms with Crippen LogP contribution in [0.1, 0.15) is 10.5 Å². The third-order valence-corrected chi connectivity index (χ3v) is 3.33. The summed E-state index contributed by atoms with van der Waals surface area (Å²) in [5.74, 6) is -5.10. The number of primary amides is 1. The fourth-order valence-electron chi connectivity index (χ4n) is 1.91. The lowest BCUT2D eigenvalue weighted by Gasteiger charge is -2.08. The molecule has 0 aliphatic carbocycles. The molecule has 0 bridgehead atoms. The second kappa shape index (κ2) is 8.78. The second-order valence-corrected chi connectivity index (χ2v) is 5.47.